The molecule has 0 bridgehead atoms. The van der Waals surface area contributed by atoms with Gasteiger partial charge in [0.2, 0.25) is 5.91 Å². The molecule has 27 heavy (non-hydrogen) atoms. The van der Waals surface area contributed by atoms with Gasteiger partial charge in [-0.25, -0.2) is 4.79 Å². The lowest BCUT2D eigenvalue weighted by molar-refractivity contribution is -0.115. The first-order valence-electron chi connectivity index (χ1n) is 8.46. The molecule has 2 aromatic carbocycles. The minimum Gasteiger partial charge on any atom is -0.462 e. The highest BCUT2D eigenvalue weighted by molar-refractivity contribution is 7.20. The van der Waals surface area contributed by atoms with E-state index in [1.807, 2.05) is 48.5 Å². The SMILES string of the molecule is CCOC(=O)c1cc(-c2ccccc2)sc1NC(=O)[C@H](Cl)c1ccccc1. The smallest absolute Gasteiger partial charge is 0.341 e. The van der Waals surface area contributed by atoms with Gasteiger partial charge in [-0.3, -0.25) is 4.79 Å². The molecule has 0 spiro atoms. The lowest BCUT2D eigenvalue weighted by atomic mass is 10.1. The molecule has 0 saturated carbocycles. The van der Waals surface area contributed by atoms with Gasteiger partial charge in [0.25, 0.3) is 0 Å². The van der Waals surface area contributed by atoms with Gasteiger partial charge in [-0.15, -0.1) is 22.9 Å². The Morgan fingerprint density at radius 3 is 2.33 bits per heavy atom. The fraction of sp³-hybridized carbons (Fsp3) is 0.143. The maximum absolute atomic E-state index is 12.6. The van der Waals surface area contributed by atoms with Gasteiger partial charge in [0.05, 0.1) is 12.2 Å². The maximum atomic E-state index is 12.6. The Hall–Kier alpha value is -2.63. The number of rotatable bonds is 6. The molecule has 0 saturated heterocycles. The van der Waals surface area contributed by atoms with Crippen molar-refractivity contribution >= 4 is 39.8 Å². The van der Waals surface area contributed by atoms with Crippen LogP contribution in [0.5, 0.6) is 0 Å². The van der Waals surface area contributed by atoms with E-state index in [2.05, 4.69) is 5.32 Å². The molecule has 0 aliphatic rings. The van der Waals surface area contributed by atoms with Gasteiger partial charge in [-0.1, -0.05) is 60.7 Å². The monoisotopic (exact) mass is 399 g/mol. The zero-order valence-corrected chi connectivity index (χ0v) is 16.2. The van der Waals surface area contributed by atoms with E-state index >= 15 is 0 Å². The van der Waals surface area contributed by atoms with Crippen LogP contribution in [0.2, 0.25) is 0 Å². The van der Waals surface area contributed by atoms with Crippen LogP contribution in [-0.2, 0) is 9.53 Å². The van der Waals surface area contributed by atoms with Crippen molar-refractivity contribution in [2.75, 3.05) is 11.9 Å². The standard InChI is InChI=1S/C21H18ClNO3S/c1-2-26-21(25)16-13-17(14-9-5-3-6-10-14)27-20(16)23-19(24)18(22)15-11-7-4-8-12-15/h3-13,18H,2H2,1H3,(H,23,24)/t18-/m1/s1. The van der Waals surface area contributed by atoms with Crippen molar-refractivity contribution in [2.45, 2.75) is 12.3 Å². The molecule has 0 aliphatic heterocycles. The first-order valence-corrected chi connectivity index (χ1v) is 9.71. The first-order chi connectivity index (χ1) is 13.1. The number of nitrogens with one attached hydrogen (secondary N) is 1. The number of hydrogen-bond donors (Lipinski definition) is 1. The van der Waals surface area contributed by atoms with Crippen LogP contribution in [-0.4, -0.2) is 18.5 Å². The Labute approximate surface area is 166 Å². The molecule has 6 heteroatoms. The molecule has 0 fully saturated rings. The molecule has 1 N–H and O–H groups in total. The van der Waals surface area contributed by atoms with Gasteiger partial charge < -0.3 is 10.1 Å². The number of benzene rings is 2. The minimum absolute atomic E-state index is 0.255. The van der Waals surface area contributed by atoms with Gasteiger partial charge in [-0.05, 0) is 24.1 Å². The van der Waals surface area contributed by atoms with E-state index in [1.54, 1.807) is 25.1 Å². The van der Waals surface area contributed by atoms with Crippen LogP contribution in [0.3, 0.4) is 0 Å². The summed E-state index contributed by atoms with van der Waals surface area (Å²) >= 11 is 7.62. The number of amides is 1. The van der Waals surface area contributed by atoms with Crippen LogP contribution in [0.15, 0.2) is 66.7 Å². The summed E-state index contributed by atoms with van der Waals surface area (Å²) in [5, 5.41) is 2.36. The highest BCUT2D eigenvalue weighted by atomic mass is 35.5. The van der Waals surface area contributed by atoms with E-state index in [1.165, 1.54) is 11.3 Å². The third-order valence-corrected chi connectivity index (χ3v) is 5.39. The van der Waals surface area contributed by atoms with Crippen molar-refractivity contribution in [2.24, 2.45) is 0 Å². The molecular weight excluding hydrogens is 382 g/mol. The number of halogens is 1. The number of anilines is 1. The molecule has 1 atom stereocenters. The molecule has 3 aromatic rings. The summed E-state index contributed by atoms with van der Waals surface area (Å²) in [5.41, 5.74) is 1.97. The third-order valence-electron chi connectivity index (χ3n) is 3.84. The summed E-state index contributed by atoms with van der Waals surface area (Å²) in [4.78, 5) is 25.8. The Balaban J connectivity index is 1.90. The molecule has 1 heterocycles. The van der Waals surface area contributed by atoms with Crippen LogP contribution < -0.4 is 5.32 Å². The van der Waals surface area contributed by atoms with E-state index in [-0.39, 0.29) is 6.61 Å². The van der Waals surface area contributed by atoms with Crippen LogP contribution in [0.1, 0.15) is 28.2 Å². The van der Waals surface area contributed by atoms with Crippen LogP contribution in [0.25, 0.3) is 10.4 Å². The topological polar surface area (TPSA) is 55.4 Å². The van der Waals surface area contributed by atoms with Crippen molar-refractivity contribution < 1.29 is 14.3 Å². The quantitative estimate of drug-likeness (QED) is 0.439. The molecule has 3 rings (SSSR count). The maximum Gasteiger partial charge on any atom is 0.341 e. The molecule has 138 valence electrons. The average Bonchev–Trinajstić information content (AvgIpc) is 3.13. The zero-order valence-electron chi connectivity index (χ0n) is 14.6. The van der Waals surface area contributed by atoms with E-state index in [0.29, 0.717) is 16.1 Å². The van der Waals surface area contributed by atoms with Gasteiger partial charge in [-0.2, -0.15) is 0 Å². The van der Waals surface area contributed by atoms with E-state index in [4.69, 9.17) is 16.3 Å². The van der Waals surface area contributed by atoms with E-state index in [9.17, 15) is 9.59 Å². The number of ether oxygens (including phenoxy) is 1. The fourth-order valence-electron chi connectivity index (χ4n) is 2.54. The summed E-state index contributed by atoms with van der Waals surface area (Å²) in [6, 6.07) is 20.4. The van der Waals surface area contributed by atoms with Crippen molar-refractivity contribution in [1.82, 2.24) is 0 Å². The zero-order chi connectivity index (χ0) is 19.2. The van der Waals surface area contributed by atoms with E-state index in [0.717, 1.165) is 10.4 Å². The number of hydrogen-bond acceptors (Lipinski definition) is 4. The number of carbonyl (C=O) groups is 2. The van der Waals surface area contributed by atoms with Gasteiger partial charge in [0.1, 0.15) is 10.4 Å². The lowest BCUT2D eigenvalue weighted by Gasteiger charge is -2.11. The van der Waals surface area contributed by atoms with Crippen molar-refractivity contribution in [3.8, 4) is 10.4 Å². The summed E-state index contributed by atoms with van der Waals surface area (Å²) in [6.07, 6.45) is 0. The highest BCUT2D eigenvalue weighted by Crippen LogP contribution is 2.36. The first kappa shape index (κ1) is 19.1. The Bertz CT molecular complexity index is 925. The van der Waals surface area contributed by atoms with Crippen molar-refractivity contribution in [3.05, 3.63) is 77.9 Å². The van der Waals surface area contributed by atoms with Crippen LogP contribution in [0.4, 0.5) is 5.00 Å². The van der Waals surface area contributed by atoms with Crippen LogP contribution >= 0.6 is 22.9 Å². The second kappa shape index (κ2) is 8.84. The Kier molecular flexibility index (Phi) is 6.27. The Morgan fingerprint density at radius 1 is 1.07 bits per heavy atom. The minimum atomic E-state index is -0.858. The Morgan fingerprint density at radius 2 is 1.70 bits per heavy atom. The number of esters is 1. The normalized spacial score (nSPS) is 11.6. The second-order valence-electron chi connectivity index (χ2n) is 5.70. The number of carbonyl (C=O) groups excluding carboxylic acids is 2. The molecule has 0 unspecified atom stereocenters. The summed E-state index contributed by atoms with van der Waals surface area (Å²) < 4.78 is 5.13. The average molecular weight is 400 g/mol. The largest absolute Gasteiger partial charge is 0.462 e. The summed E-state index contributed by atoms with van der Waals surface area (Å²) in [6.45, 7) is 2.00. The van der Waals surface area contributed by atoms with Crippen molar-refractivity contribution in [3.63, 3.8) is 0 Å². The van der Waals surface area contributed by atoms with Gasteiger partial charge >= 0.3 is 5.97 Å². The molecular formula is C21H18ClNO3S. The summed E-state index contributed by atoms with van der Waals surface area (Å²) in [5.74, 6) is -0.869. The summed E-state index contributed by atoms with van der Waals surface area (Å²) in [7, 11) is 0. The van der Waals surface area contributed by atoms with Gasteiger partial charge in [0, 0.05) is 4.88 Å². The molecule has 0 aliphatic carbocycles. The molecule has 1 amide bonds. The third kappa shape index (κ3) is 4.56. The predicted molar refractivity (Wildman–Crippen MR) is 109 cm³/mol. The van der Waals surface area contributed by atoms with Crippen LogP contribution in [0, 0.1) is 0 Å². The predicted octanol–water partition coefficient (Wildman–Crippen LogP) is 5.51. The van der Waals surface area contributed by atoms with Gasteiger partial charge in [0.15, 0.2) is 0 Å². The molecule has 0 radical (unpaired) electrons. The highest BCUT2D eigenvalue weighted by Gasteiger charge is 2.23. The van der Waals surface area contributed by atoms with E-state index < -0.39 is 17.3 Å². The number of alkyl halides is 1. The second-order valence-corrected chi connectivity index (χ2v) is 7.19. The molecule has 4 nitrogen and oxygen atoms in total. The molecule has 1 aromatic heterocycles. The lowest BCUT2D eigenvalue weighted by Crippen LogP contribution is -2.18. The number of thiophene rings is 1. The van der Waals surface area contributed by atoms with Crippen molar-refractivity contribution in [1.29, 1.82) is 0 Å². The fourth-order valence-corrected chi connectivity index (χ4v) is 3.79.